The van der Waals surface area contributed by atoms with E-state index in [-0.39, 0.29) is 6.10 Å². The Bertz CT molecular complexity index is 611. The molecule has 0 saturated carbocycles. The number of ether oxygens (including phenoxy) is 1. The van der Waals surface area contributed by atoms with E-state index in [1.54, 1.807) is 0 Å². The van der Waals surface area contributed by atoms with Crippen LogP contribution >= 0.6 is 0 Å². The molecular formula is C15H20N4O2. The quantitative estimate of drug-likeness (QED) is 0.871. The molecule has 0 spiro atoms. The Labute approximate surface area is 123 Å². The molecule has 1 aromatic heterocycles. The van der Waals surface area contributed by atoms with Gasteiger partial charge in [-0.15, -0.1) is 0 Å². The summed E-state index contributed by atoms with van der Waals surface area (Å²) in [6, 6.07) is 7.94. The summed E-state index contributed by atoms with van der Waals surface area (Å²) in [5.74, 6) is 1.02. The van der Waals surface area contributed by atoms with Crippen LogP contribution in [0.5, 0.6) is 0 Å². The summed E-state index contributed by atoms with van der Waals surface area (Å²) in [5, 5.41) is 4.06. The van der Waals surface area contributed by atoms with Crippen molar-refractivity contribution in [3.63, 3.8) is 0 Å². The molecule has 6 nitrogen and oxygen atoms in total. The average Bonchev–Trinajstić information content (AvgIpc) is 2.97. The van der Waals surface area contributed by atoms with Gasteiger partial charge in [0.2, 0.25) is 5.82 Å². The van der Waals surface area contributed by atoms with Crippen LogP contribution in [0, 0.1) is 0 Å². The lowest BCUT2D eigenvalue weighted by atomic mass is 10.2. The first-order valence-electron chi connectivity index (χ1n) is 7.19. The van der Waals surface area contributed by atoms with Gasteiger partial charge >= 0.3 is 0 Å². The monoisotopic (exact) mass is 288 g/mol. The van der Waals surface area contributed by atoms with E-state index in [0.717, 1.165) is 18.7 Å². The van der Waals surface area contributed by atoms with Crippen LogP contribution in [-0.4, -0.2) is 40.8 Å². The molecule has 0 radical (unpaired) electrons. The van der Waals surface area contributed by atoms with Crippen molar-refractivity contribution in [1.29, 1.82) is 0 Å². The molecule has 1 saturated heterocycles. The Morgan fingerprint density at radius 3 is 2.90 bits per heavy atom. The highest BCUT2D eigenvalue weighted by Gasteiger charge is 2.27. The van der Waals surface area contributed by atoms with Crippen molar-refractivity contribution in [3.8, 4) is 11.5 Å². The molecule has 112 valence electrons. The molecule has 1 atom stereocenters. The predicted molar refractivity (Wildman–Crippen MR) is 79.5 cm³/mol. The predicted octanol–water partition coefficient (Wildman–Crippen LogP) is 2.10. The molecule has 2 aromatic rings. The molecule has 0 aliphatic carbocycles. The molecule has 6 heteroatoms. The number of hydrogen-bond acceptors (Lipinski definition) is 6. The zero-order chi connectivity index (χ0) is 14.8. The van der Waals surface area contributed by atoms with E-state index < -0.39 is 0 Å². The molecule has 0 bridgehead atoms. The van der Waals surface area contributed by atoms with E-state index in [9.17, 15) is 0 Å². The third-order valence-electron chi connectivity index (χ3n) is 3.75. The highest BCUT2D eigenvalue weighted by molar-refractivity contribution is 5.69. The van der Waals surface area contributed by atoms with Gasteiger partial charge in [0, 0.05) is 24.8 Å². The van der Waals surface area contributed by atoms with Crippen molar-refractivity contribution >= 4 is 5.69 Å². The summed E-state index contributed by atoms with van der Waals surface area (Å²) in [6.07, 6.45) is -0.149. The average molecular weight is 288 g/mol. The summed E-state index contributed by atoms with van der Waals surface area (Å²) in [4.78, 5) is 6.80. The highest BCUT2D eigenvalue weighted by Crippen LogP contribution is 2.27. The van der Waals surface area contributed by atoms with Gasteiger partial charge in [0.15, 0.2) is 0 Å². The molecule has 1 aliphatic heterocycles. The van der Waals surface area contributed by atoms with E-state index in [0.29, 0.717) is 30.1 Å². The largest absolute Gasteiger partial charge is 0.398 e. The summed E-state index contributed by atoms with van der Waals surface area (Å²) in [6.45, 7) is 6.75. The van der Waals surface area contributed by atoms with Gasteiger partial charge in [-0.25, -0.2) is 0 Å². The van der Waals surface area contributed by atoms with Gasteiger partial charge in [0.1, 0.15) is 6.10 Å². The molecule has 1 aliphatic rings. The smallest absolute Gasteiger partial charge is 0.260 e. The number of benzene rings is 1. The third-order valence-corrected chi connectivity index (χ3v) is 3.75. The van der Waals surface area contributed by atoms with Crippen LogP contribution in [0.2, 0.25) is 0 Å². The highest BCUT2D eigenvalue weighted by atomic mass is 16.5. The van der Waals surface area contributed by atoms with Crippen molar-refractivity contribution in [1.82, 2.24) is 15.0 Å². The fraction of sp³-hybridized carbons (Fsp3) is 0.467. The van der Waals surface area contributed by atoms with E-state index in [4.69, 9.17) is 15.0 Å². The van der Waals surface area contributed by atoms with Gasteiger partial charge in [-0.1, -0.05) is 17.3 Å². The van der Waals surface area contributed by atoms with Crippen LogP contribution in [0.25, 0.3) is 11.5 Å². The first kappa shape index (κ1) is 14.0. The maximum atomic E-state index is 5.93. The molecule has 1 unspecified atom stereocenters. The van der Waals surface area contributed by atoms with Crippen molar-refractivity contribution in [2.75, 3.05) is 25.4 Å². The van der Waals surface area contributed by atoms with Crippen LogP contribution in [-0.2, 0) is 4.74 Å². The zero-order valence-corrected chi connectivity index (χ0v) is 12.3. The number of rotatable bonds is 3. The Hall–Kier alpha value is -1.92. The minimum Gasteiger partial charge on any atom is -0.398 e. The lowest BCUT2D eigenvalue weighted by molar-refractivity contribution is -0.0450. The molecular weight excluding hydrogens is 268 g/mol. The first-order chi connectivity index (χ1) is 10.1. The maximum absolute atomic E-state index is 5.93. The number of nitrogen functional groups attached to an aromatic ring is 1. The molecule has 2 heterocycles. The number of para-hydroxylation sites is 1. The second-order valence-corrected chi connectivity index (χ2v) is 5.49. The standard InChI is InChI=1S/C15H20N4O2/c1-10(2)19-7-8-20-13(9-19)14-17-15(21-18-14)11-5-3-4-6-12(11)16/h3-6,10,13H,7-9,16H2,1-2H3. The van der Waals surface area contributed by atoms with Gasteiger partial charge in [0.05, 0.1) is 12.2 Å². The Kier molecular flexibility index (Phi) is 3.90. The molecule has 1 fully saturated rings. The third kappa shape index (κ3) is 2.91. The number of anilines is 1. The summed E-state index contributed by atoms with van der Waals surface area (Å²) in [5.41, 5.74) is 7.32. The SMILES string of the molecule is CC(C)N1CCOC(c2noc(-c3ccccc3N)n2)C1. The number of nitrogens with two attached hydrogens (primary N) is 1. The molecule has 21 heavy (non-hydrogen) atoms. The van der Waals surface area contributed by atoms with E-state index in [2.05, 4.69) is 28.9 Å². The minimum atomic E-state index is -0.149. The van der Waals surface area contributed by atoms with Crippen LogP contribution in [0.1, 0.15) is 25.8 Å². The zero-order valence-electron chi connectivity index (χ0n) is 12.3. The van der Waals surface area contributed by atoms with Crippen LogP contribution in [0.4, 0.5) is 5.69 Å². The van der Waals surface area contributed by atoms with E-state index >= 15 is 0 Å². The van der Waals surface area contributed by atoms with Crippen molar-refractivity contribution < 1.29 is 9.26 Å². The van der Waals surface area contributed by atoms with Crippen LogP contribution < -0.4 is 5.73 Å². The van der Waals surface area contributed by atoms with Crippen molar-refractivity contribution in [2.45, 2.75) is 26.0 Å². The van der Waals surface area contributed by atoms with E-state index in [1.807, 2.05) is 24.3 Å². The molecule has 3 rings (SSSR count). The van der Waals surface area contributed by atoms with E-state index in [1.165, 1.54) is 0 Å². The molecule has 1 aromatic carbocycles. The number of hydrogen-bond donors (Lipinski definition) is 1. The van der Waals surface area contributed by atoms with Gasteiger partial charge in [0.25, 0.3) is 5.89 Å². The molecule has 2 N–H and O–H groups in total. The van der Waals surface area contributed by atoms with Crippen molar-refractivity contribution in [3.05, 3.63) is 30.1 Å². The summed E-state index contributed by atoms with van der Waals surface area (Å²) >= 11 is 0. The lowest BCUT2D eigenvalue weighted by Crippen LogP contribution is -2.42. The lowest BCUT2D eigenvalue weighted by Gasteiger charge is -2.34. The van der Waals surface area contributed by atoms with Crippen molar-refractivity contribution in [2.24, 2.45) is 0 Å². The number of nitrogens with zero attached hydrogens (tertiary/aromatic N) is 3. The summed E-state index contributed by atoms with van der Waals surface area (Å²) in [7, 11) is 0. The van der Waals surface area contributed by atoms with Crippen LogP contribution in [0.3, 0.4) is 0 Å². The summed E-state index contributed by atoms with van der Waals surface area (Å²) < 4.78 is 11.1. The number of aromatic nitrogens is 2. The van der Waals surface area contributed by atoms with Gasteiger partial charge in [-0.2, -0.15) is 4.98 Å². The first-order valence-corrected chi connectivity index (χ1v) is 7.19. The Balaban J connectivity index is 1.80. The fourth-order valence-corrected chi connectivity index (χ4v) is 2.46. The maximum Gasteiger partial charge on any atom is 0.260 e. The molecule has 0 amide bonds. The Morgan fingerprint density at radius 2 is 2.14 bits per heavy atom. The fourth-order valence-electron chi connectivity index (χ4n) is 2.46. The van der Waals surface area contributed by atoms with Gasteiger partial charge < -0.3 is 15.0 Å². The number of morpholine rings is 1. The van der Waals surface area contributed by atoms with Gasteiger partial charge in [-0.3, -0.25) is 4.90 Å². The van der Waals surface area contributed by atoms with Gasteiger partial charge in [-0.05, 0) is 26.0 Å². The second-order valence-electron chi connectivity index (χ2n) is 5.49. The second kappa shape index (κ2) is 5.83. The van der Waals surface area contributed by atoms with Crippen LogP contribution in [0.15, 0.2) is 28.8 Å². The topological polar surface area (TPSA) is 77.4 Å². The normalized spacial score (nSPS) is 20.0. The Morgan fingerprint density at radius 1 is 1.33 bits per heavy atom. The minimum absolute atomic E-state index is 0.149.